The Morgan fingerprint density at radius 2 is 0.689 bits per heavy atom. The zero-order chi connectivity index (χ0) is 32.8. The molecule has 0 bridgehead atoms. The first-order chi connectivity index (χ1) is 21.5. The molecule has 0 N–H and O–H groups in total. The molecule has 45 heavy (non-hydrogen) atoms. The Balaban J connectivity index is 1.79. The van der Waals surface area contributed by atoms with Gasteiger partial charge in [-0.2, -0.15) is 0 Å². The van der Waals surface area contributed by atoms with Crippen LogP contribution >= 0.6 is 0 Å². The van der Waals surface area contributed by atoms with Crippen molar-refractivity contribution in [1.82, 2.24) is 0 Å². The number of benzene rings is 2. The summed E-state index contributed by atoms with van der Waals surface area (Å²) in [7, 11) is 0. The van der Waals surface area contributed by atoms with Gasteiger partial charge < -0.3 is 0 Å². The zero-order valence-electron chi connectivity index (χ0n) is 31.5. The molecule has 0 aliphatic heterocycles. The molecule has 0 unspecified atom stereocenters. The first-order valence-electron chi connectivity index (χ1n) is 19.8. The van der Waals surface area contributed by atoms with Gasteiger partial charge in [0.1, 0.15) is 0 Å². The van der Waals surface area contributed by atoms with Gasteiger partial charge in [-0.25, -0.2) is 0 Å². The van der Waals surface area contributed by atoms with Crippen molar-refractivity contribution >= 4 is 43.9 Å². The average molecular weight is 828 g/mol. The quantitative estimate of drug-likeness (QED) is 0.0730. The third-order valence-electron chi connectivity index (χ3n) is 11.0. The predicted molar refractivity (Wildman–Crippen MR) is 212 cm³/mol. The summed E-state index contributed by atoms with van der Waals surface area (Å²) in [4.78, 5) is 15.6. The van der Waals surface area contributed by atoms with E-state index in [0.29, 0.717) is 0 Å². The van der Waals surface area contributed by atoms with Crippen LogP contribution < -0.4 is 7.16 Å². The Kier molecular flexibility index (Phi) is 17.4. The Morgan fingerprint density at radius 3 is 0.978 bits per heavy atom. The molecule has 0 aromatic heterocycles. The molecular weight excluding hydrogens is 754 g/mol. The second-order valence-electron chi connectivity index (χ2n) is 17.0. The molecule has 0 radical (unpaired) electrons. The van der Waals surface area contributed by atoms with Crippen LogP contribution in [0.2, 0.25) is 29.6 Å². The summed E-state index contributed by atoms with van der Waals surface area (Å²) < 4.78 is 3.45. The van der Waals surface area contributed by atoms with Gasteiger partial charge in [0.15, 0.2) is 0 Å². The van der Waals surface area contributed by atoms with E-state index in [2.05, 4.69) is 79.9 Å². The molecule has 0 atom stereocenters. The third kappa shape index (κ3) is 12.1. The van der Waals surface area contributed by atoms with Crippen molar-refractivity contribution < 1.29 is 0 Å². The van der Waals surface area contributed by atoms with Gasteiger partial charge in [-0.1, -0.05) is 52.4 Å². The van der Waals surface area contributed by atoms with Crippen molar-refractivity contribution in [2.75, 3.05) is 0 Å². The topological polar surface area (TPSA) is 0 Å². The monoisotopic (exact) mass is 830 g/mol. The van der Waals surface area contributed by atoms with Crippen LogP contribution in [0.4, 0.5) is 0 Å². The molecule has 0 saturated heterocycles. The summed E-state index contributed by atoms with van der Waals surface area (Å²) in [5.74, 6) is 0. The zero-order valence-corrected chi connectivity index (χ0v) is 37.2. The van der Waals surface area contributed by atoms with E-state index in [1.807, 2.05) is 0 Å². The Labute approximate surface area is 290 Å². The molecule has 2 heteroatoms. The summed E-state index contributed by atoms with van der Waals surface area (Å²) in [6.45, 7) is 4.65. The van der Waals surface area contributed by atoms with Crippen molar-refractivity contribution in [3.05, 3.63) is 47.5 Å². The van der Waals surface area contributed by atoms with Crippen molar-refractivity contribution in [2.45, 2.75) is 190 Å². The summed E-state index contributed by atoms with van der Waals surface area (Å²) in [5.41, 5.74) is 6.85. The summed E-state index contributed by atoms with van der Waals surface area (Å²) in [6.07, 6.45) is 31.2. The Morgan fingerprint density at radius 1 is 0.400 bits per heavy atom. The van der Waals surface area contributed by atoms with Gasteiger partial charge in [0.25, 0.3) is 0 Å². The fourth-order valence-electron chi connectivity index (χ4n) is 7.92. The van der Waals surface area contributed by atoms with Crippen molar-refractivity contribution in [3.8, 4) is 11.1 Å². The van der Waals surface area contributed by atoms with Gasteiger partial charge in [0, 0.05) is 0 Å². The molecule has 0 saturated carbocycles. The molecule has 2 aromatic rings. The SMILES string of the molecule is CCCCCCCCCCCCC1(CCCCCCCCCCCC)c2c[c]([Sn]([CH3])([CH3])[CH3])ccc2-c2cc[c]([Sn]([CH3])([CH3])[CH3])cc21. The third-order valence-corrected chi connectivity index (χ3v) is 22.7. The number of rotatable bonds is 24. The molecule has 0 spiro atoms. The number of fused-ring (bicyclic) bond motifs is 3. The summed E-state index contributed by atoms with van der Waals surface area (Å²) >= 11 is -4.43. The van der Waals surface area contributed by atoms with E-state index in [0.717, 1.165) is 0 Å². The van der Waals surface area contributed by atoms with E-state index in [1.54, 1.807) is 29.4 Å². The molecule has 0 fully saturated rings. The van der Waals surface area contributed by atoms with E-state index in [-0.39, 0.29) is 5.41 Å². The van der Waals surface area contributed by atoms with E-state index in [4.69, 9.17) is 0 Å². The van der Waals surface area contributed by atoms with E-state index >= 15 is 0 Å². The van der Waals surface area contributed by atoms with E-state index in [9.17, 15) is 0 Å². The standard InChI is InChI=1S/C37H56.6CH3.2Sn/c1-3-5-7-9-11-13-15-17-19-25-31-37(32-26-20-18-16-14-12-10-8-6-4-2)35-29-23-21-27-33(35)34-28-22-24-30-36(34)37;;;;;;;;/h21-22,27-30H,3-20,25-26,31-32H2,1-2H3;6*1H3;;. The number of hydrogen-bond acceptors (Lipinski definition) is 0. The molecule has 1 aliphatic carbocycles. The number of hydrogen-bond donors (Lipinski definition) is 0. The van der Waals surface area contributed by atoms with Gasteiger partial charge in [-0.3, -0.25) is 0 Å². The molecule has 2 aromatic carbocycles. The maximum atomic E-state index is 2.76. The first-order valence-corrected chi connectivity index (χ1v) is 39.8. The molecular formula is C43H74Sn2. The molecule has 1 aliphatic rings. The van der Waals surface area contributed by atoms with Crippen LogP contribution in [0.25, 0.3) is 11.1 Å². The summed E-state index contributed by atoms with van der Waals surface area (Å²) in [5, 5.41) is 0. The molecule has 0 heterocycles. The maximum absolute atomic E-state index is 2.76. The minimum absolute atomic E-state index is 0.227. The van der Waals surface area contributed by atoms with E-state index < -0.39 is 36.8 Å². The van der Waals surface area contributed by atoms with Gasteiger partial charge in [-0.15, -0.1) is 0 Å². The predicted octanol–water partition coefficient (Wildman–Crippen LogP) is 13.7. The Hall–Kier alpha value is 0.0374. The van der Waals surface area contributed by atoms with Crippen molar-refractivity contribution in [1.29, 1.82) is 0 Å². The van der Waals surface area contributed by atoms with Gasteiger partial charge in [-0.05, 0) is 0 Å². The van der Waals surface area contributed by atoms with E-state index in [1.165, 1.54) is 141 Å². The average Bonchev–Trinajstić information content (AvgIpc) is 3.27. The van der Waals surface area contributed by atoms with Crippen LogP contribution in [0.1, 0.15) is 166 Å². The van der Waals surface area contributed by atoms with Crippen molar-refractivity contribution in [2.24, 2.45) is 0 Å². The van der Waals surface area contributed by atoms with Crippen molar-refractivity contribution in [3.63, 3.8) is 0 Å². The first kappa shape index (κ1) is 39.5. The van der Waals surface area contributed by atoms with Gasteiger partial charge in [0.2, 0.25) is 0 Å². The fourth-order valence-corrected chi connectivity index (χ4v) is 14.5. The second kappa shape index (κ2) is 19.9. The number of unbranched alkanes of at least 4 members (excludes halogenated alkanes) is 18. The molecule has 0 nitrogen and oxygen atoms in total. The van der Waals surface area contributed by atoms with Crippen LogP contribution in [0.3, 0.4) is 0 Å². The molecule has 0 amide bonds. The van der Waals surface area contributed by atoms with Crippen LogP contribution in [0.5, 0.6) is 0 Å². The Bertz CT molecular complexity index is 1030. The van der Waals surface area contributed by atoms with Crippen LogP contribution in [0, 0.1) is 0 Å². The van der Waals surface area contributed by atoms with Crippen LogP contribution in [0.15, 0.2) is 36.4 Å². The summed E-state index contributed by atoms with van der Waals surface area (Å²) in [6, 6.07) is 15.7. The second-order valence-corrected chi connectivity index (χ2v) is 45.9. The fraction of sp³-hybridized carbons (Fsp3) is 0.721. The normalized spacial score (nSPS) is 14.1. The molecule has 3 rings (SSSR count). The molecule has 254 valence electrons. The minimum atomic E-state index is -2.21. The van der Waals surface area contributed by atoms with Crippen LogP contribution in [-0.2, 0) is 5.41 Å². The van der Waals surface area contributed by atoms with Gasteiger partial charge in [0.05, 0.1) is 0 Å². The van der Waals surface area contributed by atoms with Crippen LogP contribution in [-0.4, -0.2) is 36.8 Å². The van der Waals surface area contributed by atoms with Gasteiger partial charge >= 0.3 is 240 Å².